The Kier molecular flexibility index (Phi) is 4.48. The van der Waals surface area contributed by atoms with Crippen molar-refractivity contribution in [2.45, 2.75) is 24.5 Å². The molecule has 18 heteroatoms. The number of nitrogens with one attached hydrogen (secondary N) is 1. The fourth-order valence-electron chi connectivity index (χ4n) is 2.70. The third-order valence-electron chi connectivity index (χ3n) is 3.99. The van der Waals surface area contributed by atoms with Crippen LogP contribution in [0.2, 0.25) is 0 Å². The van der Waals surface area contributed by atoms with Gasteiger partial charge in [0.15, 0.2) is 17.4 Å². The van der Waals surface area contributed by atoms with Crippen LogP contribution in [0.1, 0.15) is 6.23 Å². The Morgan fingerprint density at radius 3 is 2.79 bits per heavy atom. The van der Waals surface area contributed by atoms with Gasteiger partial charge in [-0.05, 0) is 0 Å². The maximum atomic E-state index is 11.9. The number of hydrogen-bond donors (Lipinski definition) is 6. The van der Waals surface area contributed by atoms with E-state index in [9.17, 15) is 24.1 Å². The second kappa shape index (κ2) is 6.40. The van der Waals surface area contributed by atoms with Crippen molar-refractivity contribution in [2.24, 2.45) is 0 Å². The molecule has 0 spiro atoms. The third kappa shape index (κ3) is 3.19. The van der Waals surface area contributed by atoms with Crippen LogP contribution in [0, 0.1) is 0 Å². The molecule has 0 saturated carbocycles. The number of fused-ring (bicyclic) bond motifs is 1. The lowest BCUT2D eigenvalue weighted by Crippen LogP contribution is -2.33. The van der Waals surface area contributed by atoms with E-state index in [0.29, 0.717) is 0 Å². The van der Waals surface area contributed by atoms with Crippen LogP contribution in [0.4, 0.5) is 5.95 Å². The first-order valence-corrected chi connectivity index (χ1v) is 10.5. The van der Waals surface area contributed by atoms with Crippen molar-refractivity contribution >= 4 is 32.8 Å². The van der Waals surface area contributed by atoms with Crippen LogP contribution in [-0.2, 0) is 27.2 Å². The lowest BCUT2D eigenvalue weighted by atomic mass is 10.1. The molecule has 2 fully saturated rings. The van der Waals surface area contributed by atoms with Crippen LogP contribution in [0.5, 0.6) is 0 Å². The summed E-state index contributed by atoms with van der Waals surface area (Å²) in [6, 6.07) is 0. The van der Waals surface area contributed by atoms with Gasteiger partial charge in [-0.3, -0.25) is 24.1 Å². The van der Waals surface area contributed by atoms with E-state index >= 15 is 0 Å². The van der Waals surface area contributed by atoms with E-state index in [1.54, 1.807) is 0 Å². The number of nitrogen functional groups attached to an aromatic ring is 1. The zero-order chi connectivity index (χ0) is 20.4. The number of rotatable bonds is 5. The lowest BCUT2D eigenvalue weighted by molar-refractivity contribution is -0.0516. The fourth-order valence-corrected chi connectivity index (χ4v) is 5.24. The molecule has 0 amide bonds. The van der Waals surface area contributed by atoms with Gasteiger partial charge < -0.3 is 20.7 Å². The normalized spacial score (nSPS) is 33.6. The molecular weight excluding hydrogens is 428 g/mol. The average Bonchev–Trinajstić information content (AvgIpc) is 2.99. The van der Waals surface area contributed by atoms with E-state index < -0.39 is 52.4 Å². The molecule has 2 aliphatic heterocycles. The van der Waals surface area contributed by atoms with Crippen LogP contribution in [0.3, 0.4) is 0 Å². The third-order valence-corrected chi connectivity index (χ3v) is 6.96. The number of anilines is 1. The average molecular weight is 442 g/mol. The van der Waals surface area contributed by atoms with Gasteiger partial charge in [-0.2, -0.15) is 14.1 Å². The Bertz CT molecular complexity index is 1080. The number of aromatic amines is 1. The summed E-state index contributed by atoms with van der Waals surface area (Å²) in [5.74, 6) is -0.203. The smallest absolute Gasteiger partial charge is 0.387 e. The van der Waals surface area contributed by atoms with E-state index in [-0.39, 0.29) is 17.1 Å². The number of aliphatic hydroxyl groups excluding tert-OH is 2. The number of hydrogen-bond acceptors (Lipinski definition) is 11. The second-order valence-electron chi connectivity index (χ2n) is 5.86. The molecule has 7 N–H and O–H groups in total. The summed E-state index contributed by atoms with van der Waals surface area (Å²) in [4.78, 5) is 39.5. The Morgan fingerprint density at radius 2 is 2.14 bits per heavy atom. The zero-order valence-electron chi connectivity index (χ0n) is 13.6. The van der Waals surface area contributed by atoms with Gasteiger partial charge in [-0.15, -0.1) is 0 Å². The molecule has 2 aliphatic rings. The van der Waals surface area contributed by atoms with E-state index in [1.807, 2.05) is 0 Å². The summed E-state index contributed by atoms with van der Waals surface area (Å²) < 4.78 is 39.3. The molecule has 0 unspecified atom stereocenters. The Hall–Kier alpha value is -1.71. The highest BCUT2D eigenvalue weighted by Crippen LogP contribution is 2.84. The van der Waals surface area contributed by atoms with Gasteiger partial charge in [0, 0.05) is 0 Å². The maximum absolute atomic E-state index is 11.9. The molecule has 2 aromatic rings. The minimum absolute atomic E-state index is 0.0133. The highest BCUT2D eigenvalue weighted by atomic mass is 31.3. The molecule has 16 nitrogen and oxygen atoms in total. The van der Waals surface area contributed by atoms with Gasteiger partial charge in [0.05, 0.1) is 17.6 Å². The highest BCUT2D eigenvalue weighted by molar-refractivity contribution is 7.66. The number of nitrogens with zero attached hydrogens (tertiary/aromatic N) is 3. The molecule has 0 radical (unpaired) electrons. The predicted octanol–water partition coefficient (Wildman–Crippen LogP) is -1.96. The number of aliphatic hydroxyl groups is 2. The largest absolute Gasteiger partial charge is 0.748 e. The van der Waals surface area contributed by atoms with Crippen LogP contribution >= 0.6 is 15.6 Å². The molecule has 28 heavy (non-hydrogen) atoms. The summed E-state index contributed by atoms with van der Waals surface area (Å²) in [5, 5.41) is 20.4. The molecule has 2 aromatic heterocycles. The van der Waals surface area contributed by atoms with Gasteiger partial charge in [-0.1, -0.05) is 4.09 Å². The molecule has 4 heterocycles. The first-order valence-electron chi connectivity index (χ1n) is 7.51. The zero-order valence-corrected chi connectivity index (χ0v) is 15.3. The van der Waals surface area contributed by atoms with Crippen LogP contribution in [0.15, 0.2) is 11.1 Å². The number of nitrogens with two attached hydrogens (primary N) is 1. The van der Waals surface area contributed by atoms with Crippen molar-refractivity contribution in [3.05, 3.63) is 16.7 Å². The van der Waals surface area contributed by atoms with Gasteiger partial charge >= 0.3 is 15.6 Å². The van der Waals surface area contributed by atoms with Gasteiger partial charge in [-0.25, -0.2) is 9.51 Å². The van der Waals surface area contributed by atoms with Gasteiger partial charge in [0.1, 0.15) is 18.3 Å². The molecule has 2 saturated heterocycles. The lowest BCUT2D eigenvalue weighted by Gasteiger charge is -2.16. The highest BCUT2D eigenvalue weighted by Gasteiger charge is 2.79. The minimum atomic E-state index is -5.00. The maximum Gasteiger partial charge on any atom is 0.748 e. The summed E-state index contributed by atoms with van der Waals surface area (Å²) in [7, 11) is -9.26. The van der Waals surface area contributed by atoms with Crippen molar-refractivity contribution in [1.29, 1.82) is 0 Å². The molecule has 154 valence electrons. The first kappa shape index (κ1) is 19.6. The molecule has 4 rings (SSSR count). The number of imidazole rings is 1. The standard InChI is InChI=1S/C10H13N5O11P2/c11-10-13-7-4(8(18)14-10)12-2-15(7)9-6(17)5(16)3(24-9)1-23-28(22)25-26(28)27(19,20)21/h2-3,5-6,9,16-17H,1H2,(H4-,11,13,14,18,19,20,21)/p+1/t3-,5-,6-,9-,28+/m1/s1. The van der Waals surface area contributed by atoms with Crippen LogP contribution < -0.4 is 11.3 Å². The van der Waals surface area contributed by atoms with E-state index in [1.165, 1.54) is 4.57 Å². The van der Waals surface area contributed by atoms with Crippen LogP contribution in [0.25, 0.3) is 11.2 Å². The van der Waals surface area contributed by atoms with Crippen molar-refractivity contribution in [3.8, 4) is 0 Å². The molecule has 0 aliphatic carbocycles. The summed E-state index contributed by atoms with van der Waals surface area (Å²) >= 11 is 0. The van der Waals surface area contributed by atoms with Gasteiger partial charge in [0.25, 0.3) is 5.56 Å². The second-order valence-corrected chi connectivity index (χ2v) is 9.09. The summed E-state index contributed by atoms with van der Waals surface area (Å²) in [5.41, 5.74) is 4.78. The topological polar surface area (TPSA) is 238 Å². The van der Waals surface area contributed by atoms with Crippen LogP contribution in [-0.4, -0.2) is 64.4 Å². The summed E-state index contributed by atoms with van der Waals surface area (Å²) in [6.45, 7) is -0.641. The van der Waals surface area contributed by atoms with E-state index in [0.717, 1.165) is 10.4 Å². The van der Waals surface area contributed by atoms with E-state index in [4.69, 9.17) is 24.8 Å². The Balaban J connectivity index is 1.52. The molecule has 0 bridgehead atoms. The predicted molar refractivity (Wildman–Crippen MR) is 86.3 cm³/mol. The summed E-state index contributed by atoms with van der Waals surface area (Å²) in [6.07, 6.45) is -4.44. The van der Waals surface area contributed by atoms with E-state index in [2.05, 4.69) is 19.6 Å². The number of aromatic nitrogens is 4. The molecule has 5 atom stereocenters. The van der Waals surface area contributed by atoms with Crippen molar-refractivity contribution in [3.63, 3.8) is 0 Å². The molecular formula is C10H14N5O11P2+. The minimum Gasteiger partial charge on any atom is -0.387 e. The number of H-pyrrole nitrogens is 1. The number of ether oxygens (including phenoxy) is 1. The van der Waals surface area contributed by atoms with Crippen molar-refractivity contribution < 1.29 is 47.2 Å². The Morgan fingerprint density at radius 1 is 1.43 bits per heavy atom. The molecule has 0 aromatic carbocycles. The Labute approximate surface area is 153 Å². The quantitative estimate of drug-likeness (QED) is 0.128. The van der Waals surface area contributed by atoms with Gasteiger partial charge in [0.2, 0.25) is 5.95 Å². The van der Waals surface area contributed by atoms with Crippen molar-refractivity contribution in [1.82, 2.24) is 19.5 Å². The van der Waals surface area contributed by atoms with Crippen molar-refractivity contribution in [2.75, 3.05) is 12.3 Å². The first-order chi connectivity index (χ1) is 13.0. The fraction of sp³-hybridized carbons (Fsp3) is 0.500. The SMILES string of the molecule is Nc1nc2c(ncn2[C@@H]2O[C@H](CO[P@@]3(=O)O[O+]3P(=O)(O)O)[C@@H](O)[C@H]2O)c(=O)[nH]1. The monoisotopic (exact) mass is 442 g/mol.